The third-order valence-corrected chi connectivity index (χ3v) is 1.82. The highest BCUT2D eigenvalue weighted by atomic mass is 16.4. The predicted molar refractivity (Wildman–Crippen MR) is 49.5 cm³/mol. The molecule has 0 aliphatic heterocycles. The largest absolute Gasteiger partial charge is 0.480 e. The van der Waals surface area contributed by atoms with E-state index in [0.29, 0.717) is 5.69 Å². The van der Waals surface area contributed by atoms with E-state index < -0.39 is 12.0 Å². The van der Waals surface area contributed by atoms with Crippen molar-refractivity contribution >= 4 is 5.97 Å². The van der Waals surface area contributed by atoms with Crippen LogP contribution in [0.2, 0.25) is 0 Å². The summed E-state index contributed by atoms with van der Waals surface area (Å²) >= 11 is 0. The summed E-state index contributed by atoms with van der Waals surface area (Å²) in [5.41, 5.74) is 6.64. The van der Waals surface area contributed by atoms with E-state index in [-0.39, 0.29) is 13.0 Å². The first-order valence-corrected chi connectivity index (χ1v) is 4.16. The van der Waals surface area contributed by atoms with Gasteiger partial charge in [0.15, 0.2) is 0 Å². The molecule has 76 valence electrons. The van der Waals surface area contributed by atoms with Crippen molar-refractivity contribution in [3.8, 4) is 0 Å². The maximum Gasteiger partial charge on any atom is 0.320 e. The molecule has 5 nitrogen and oxygen atoms in total. The number of pyridine rings is 1. The van der Waals surface area contributed by atoms with Crippen molar-refractivity contribution in [1.29, 1.82) is 0 Å². The molecule has 4 N–H and O–H groups in total. The standard InChI is InChI=1S/C9H12N2O3/c10-8(9(13)14)3-6-1-2-7(5-12)11-4-6/h1-2,4,8,12H,3,5,10H2,(H,13,14)/t8-/m1/s1. The van der Waals surface area contributed by atoms with E-state index >= 15 is 0 Å². The van der Waals surface area contributed by atoms with Crippen LogP contribution in [0.5, 0.6) is 0 Å². The fourth-order valence-corrected chi connectivity index (χ4v) is 1.01. The summed E-state index contributed by atoms with van der Waals surface area (Å²) in [5, 5.41) is 17.3. The first kappa shape index (κ1) is 10.6. The van der Waals surface area contributed by atoms with E-state index in [0.717, 1.165) is 5.56 Å². The van der Waals surface area contributed by atoms with Crippen molar-refractivity contribution in [3.05, 3.63) is 29.6 Å². The lowest BCUT2D eigenvalue weighted by atomic mass is 10.1. The number of hydrogen-bond acceptors (Lipinski definition) is 4. The Morgan fingerprint density at radius 1 is 1.57 bits per heavy atom. The zero-order valence-electron chi connectivity index (χ0n) is 7.55. The summed E-state index contributed by atoms with van der Waals surface area (Å²) in [6, 6.07) is 2.45. The van der Waals surface area contributed by atoms with E-state index in [2.05, 4.69) is 4.98 Å². The Labute approximate surface area is 81.2 Å². The Hall–Kier alpha value is -1.46. The van der Waals surface area contributed by atoms with E-state index in [4.69, 9.17) is 15.9 Å². The zero-order valence-corrected chi connectivity index (χ0v) is 7.55. The molecular weight excluding hydrogens is 184 g/mol. The number of hydrogen-bond donors (Lipinski definition) is 3. The topological polar surface area (TPSA) is 96.4 Å². The maximum absolute atomic E-state index is 10.4. The van der Waals surface area contributed by atoms with E-state index in [1.807, 2.05) is 0 Å². The van der Waals surface area contributed by atoms with Crippen LogP contribution < -0.4 is 5.73 Å². The number of carboxylic acid groups (broad SMARTS) is 1. The smallest absolute Gasteiger partial charge is 0.320 e. The fourth-order valence-electron chi connectivity index (χ4n) is 1.01. The van der Waals surface area contributed by atoms with Gasteiger partial charge >= 0.3 is 5.97 Å². The second-order valence-electron chi connectivity index (χ2n) is 2.96. The minimum absolute atomic E-state index is 0.120. The van der Waals surface area contributed by atoms with E-state index in [1.165, 1.54) is 6.20 Å². The monoisotopic (exact) mass is 196 g/mol. The zero-order chi connectivity index (χ0) is 10.6. The summed E-state index contributed by atoms with van der Waals surface area (Å²) in [6.45, 7) is -0.120. The molecule has 0 radical (unpaired) electrons. The SMILES string of the molecule is N[C@H](Cc1ccc(CO)nc1)C(=O)O. The van der Waals surface area contributed by atoms with Crippen LogP contribution >= 0.6 is 0 Å². The molecular formula is C9H12N2O3. The van der Waals surface area contributed by atoms with Crippen LogP contribution in [0.15, 0.2) is 18.3 Å². The van der Waals surface area contributed by atoms with Gasteiger partial charge in [-0.1, -0.05) is 6.07 Å². The van der Waals surface area contributed by atoms with Gasteiger partial charge in [0.1, 0.15) is 6.04 Å². The molecule has 14 heavy (non-hydrogen) atoms. The number of nitrogens with zero attached hydrogens (tertiary/aromatic N) is 1. The van der Waals surface area contributed by atoms with Crippen LogP contribution in [0.25, 0.3) is 0 Å². The number of rotatable bonds is 4. The van der Waals surface area contributed by atoms with Crippen LogP contribution in [0, 0.1) is 0 Å². The molecule has 1 aromatic heterocycles. The minimum atomic E-state index is -1.03. The lowest BCUT2D eigenvalue weighted by Crippen LogP contribution is -2.32. The maximum atomic E-state index is 10.4. The third kappa shape index (κ3) is 2.79. The molecule has 0 aromatic carbocycles. The van der Waals surface area contributed by atoms with E-state index in [1.54, 1.807) is 12.1 Å². The molecule has 0 fully saturated rings. The van der Waals surface area contributed by atoms with Crippen LogP contribution in [0.4, 0.5) is 0 Å². The van der Waals surface area contributed by atoms with Crippen molar-refractivity contribution in [2.24, 2.45) is 5.73 Å². The molecule has 0 aliphatic rings. The number of aliphatic hydroxyl groups is 1. The van der Waals surface area contributed by atoms with Gasteiger partial charge in [0.05, 0.1) is 12.3 Å². The van der Waals surface area contributed by atoms with Gasteiger partial charge < -0.3 is 15.9 Å². The van der Waals surface area contributed by atoms with Crippen molar-refractivity contribution in [3.63, 3.8) is 0 Å². The van der Waals surface area contributed by atoms with Gasteiger partial charge in [-0.15, -0.1) is 0 Å². The second kappa shape index (κ2) is 4.69. The van der Waals surface area contributed by atoms with Crippen LogP contribution in [-0.4, -0.2) is 27.2 Å². The summed E-state index contributed by atoms with van der Waals surface area (Å²) in [4.78, 5) is 14.4. The van der Waals surface area contributed by atoms with Crippen LogP contribution in [-0.2, 0) is 17.8 Å². The summed E-state index contributed by atoms with van der Waals surface area (Å²) in [6.07, 6.45) is 1.77. The lowest BCUT2D eigenvalue weighted by Gasteiger charge is -2.05. The molecule has 0 aliphatic carbocycles. The van der Waals surface area contributed by atoms with Gasteiger partial charge in [0.2, 0.25) is 0 Å². The van der Waals surface area contributed by atoms with Gasteiger partial charge in [-0.2, -0.15) is 0 Å². The fraction of sp³-hybridized carbons (Fsp3) is 0.333. The Bertz CT molecular complexity index is 310. The normalized spacial score (nSPS) is 12.4. The van der Waals surface area contributed by atoms with Crippen molar-refractivity contribution in [2.45, 2.75) is 19.1 Å². The Balaban J connectivity index is 2.64. The molecule has 0 bridgehead atoms. The molecule has 0 unspecified atom stereocenters. The Kier molecular flexibility index (Phi) is 3.55. The second-order valence-corrected chi connectivity index (χ2v) is 2.96. The Morgan fingerprint density at radius 2 is 2.29 bits per heavy atom. The van der Waals surface area contributed by atoms with Crippen molar-refractivity contribution in [1.82, 2.24) is 4.98 Å². The van der Waals surface area contributed by atoms with Gasteiger partial charge in [0.25, 0.3) is 0 Å². The quantitative estimate of drug-likeness (QED) is 0.604. The predicted octanol–water partition coefficient (Wildman–Crippen LogP) is -0.472. The molecule has 1 heterocycles. The first-order chi connectivity index (χ1) is 6.63. The molecule has 1 aromatic rings. The first-order valence-electron chi connectivity index (χ1n) is 4.16. The minimum Gasteiger partial charge on any atom is -0.480 e. The number of aliphatic hydroxyl groups excluding tert-OH is 1. The highest BCUT2D eigenvalue weighted by molar-refractivity contribution is 5.73. The highest BCUT2D eigenvalue weighted by Crippen LogP contribution is 2.03. The average Bonchev–Trinajstić information content (AvgIpc) is 2.19. The van der Waals surface area contributed by atoms with Crippen molar-refractivity contribution in [2.75, 3.05) is 0 Å². The Morgan fingerprint density at radius 3 is 2.71 bits per heavy atom. The average molecular weight is 196 g/mol. The molecule has 1 atom stereocenters. The molecule has 0 saturated carbocycles. The number of nitrogens with two attached hydrogens (primary N) is 1. The number of aromatic nitrogens is 1. The summed E-state index contributed by atoms with van der Waals surface area (Å²) in [7, 11) is 0. The molecule has 5 heteroatoms. The molecule has 0 spiro atoms. The number of aliphatic carboxylic acids is 1. The van der Waals surface area contributed by atoms with Crippen LogP contribution in [0.3, 0.4) is 0 Å². The third-order valence-electron chi connectivity index (χ3n) is 1.82. The van der Waals surface area contributed by atoms with Crippen molar-refractivity contribution < 1.29 is 15.0 Å². The lowest BCUT2D eigenvalue weighted by molar-refractivity contribution is -0.138. The molecule has 0 amide bonds. The highest BCUT2D eigenvalue weighted by Gasteiger charge is 2.11. The van der Waals surface area contributed by atoms with Gasteiger partial charge in [-0.3, -0.25) is 9.78 Å². The van der Waals surface area contributed by atoms with Gasteiger partial charge in [-0.25, -0.2) is 0 Å². The number of carbonyl (C=O) groups is 1. The summed E-state index contributed by atoms with van der Waals surface area (Å²) in [5.74, 6) is -1.03. The van der Waals surface area contributed by atoms with E-state index in [9.17, 15) is 4.79 Å². The summed E-state index contributed by atoms with van der Waals surface area (Å²) < 4.78 is 0. The molecule has 1 rings (SSSR count). The molecule has 0 saturated heterocycles. The van der Waals surface area contributed by atoms with Crippen LogP contribution in [0.1, 0.15) is 11.3 Å². The van der Waals surface area contributed by atoms with Gasteiger partial charge in [-0.05, 0) is 18.1 Å². The van der Waals surface area contributed by atoms with Gasteiger partial charge in [0, 0.05) is 6.20 Å². The number of carboxylic acids is 1.